The van der Waals surface area contributed by atoms with Gasteiger partial charge in [0.15, 0.2) is 18.4 Å². The van der Waals surface area contributed by atoms with Crippen LogP contribution < -0.4 is 0 Å². The number of ether oxygens (including phenoxy) is 11. The Hall–Kier alpha value is -2.09. The van der Waals surface area contributed by atoms with Crippen molar-refractivity contribution in [2.45, 2.75) is 197 Å². The van der Waals surface area contributed by atoms with E-state index in [9.17, 15) is 20.1 Å². The Morgan fingerprint density at radius 1 is 0.825 bits per heavy atom. The summed E-state index contributed by atoms with van der Waals surface area (Å²) in [6.45, 7) is 15.9. The number of carbonyl (C=O) groups excluding carboxylic acids is 1. The molecular formula is C48H74O15. The molecule has 63 heavy (non-hydrogen) atoms. The number of carbonyl (C=O) groups is 1. The van der Waals surface area contributed by atoms with Crippen molar-refractivity contribution in [3.05, 3.63) is 47.1 Å². The van der Waals surface area contributed by atoms with Gasteiger partial charge >= 0.3 is 5.97 Å². The molecule has 0 aromatic rings. The molecule has 20 atom stereocenters. The second-order valence-electron chi connectivity index (χ2n) is 19.5. The highest BCUT2D eigenvalue weighted by Crippen LogP contribution is 2.48. The molecule has 0 unspecified atom stereocenters. The van der Waals surface area contributed by atoms with E-state index in [2.05, 4.69) is 26.8 Å². The summed E-state index contributed by atoms with van der Waals surface area (Å²) in [6, 6.07) is 0. The number of esters is 1. The Balaban J connectivity index is 1.19. The van der Waals surface area contributed by atoms with Crippen LogP contribution in [0.15, 0.2) is 47.1 Å². The molecule has 0 saturated carbocycles. The minimum absolute atomic E-state index is 0.0967. The van der Waals surface area contributed by atoms with E-state index >= 15 is 0 Å². The first kappa shape index (κ1) is 48.8. The second-order valence-corrected chi connectivity index (χ2v) is 19.5. The highest BCUT2D eigenvalue weighted by molar-refractivity contribution is 5.78. The van der Waals surface area contributed by atoms with Crippen molar-refractivity contribution < 1.29 is 72.2 Å². The van der Waals surface area contributed by atoms with Crippen LogP contribution in [0.4, 0.5) is 0 Å². The summed E-state index contributed by atoms with van der Waals surface area (Å²) in [5.74, 6) is -3.03. The predicted molar refractivity (Wildman–Crippen MR) is 229 cm³/mol. The van der Waals surface area contributed by atoms with Crippen molar-refractivity contribution in [2.24, 2.45) is 23.7 Å². The van der Waals surface area contributed by atoms with E-state index in [1.54, 1.807) is 34.3 Å². The van der Waals surface area contributed by atoms with Crippen LogP contribution in [0, 0.1) is 23.7 Å². The molecule has 1 spiro atoms. The van der Waals surface area contributed by atoms with E-state index in [1.165, 1.54) is 0 Å². The first-order valence-electron chi connectivity index (χ1n) is 23.1. The molecule has 6 heterocycles. The maximum atomic E-state index is 14.5. The van der Waals surface area contributed by atoms with Gasteiger partial charge in [-0.25, -0.2) is 0 Å². The molecule has 6 aliphatic heterocycles. The number of hydrogen-bond acceptors (Lipinski definition) is 15. The van der Waals surface area contributed by atoms with Gasteiger partial charge in [-0.2, -0.15) is 0 Å². The molecule has 0 aromatic carbocycles. The number of rotatable bonds is 8. The molecule has 0 amide bonds. The maximum absolute atomic E-state index is 14.5. The molecule has 5 saturated heterocycles. The van der Waals surface area contributed by atoms with Gasteiger partial charge in [0.1, 0.15) is 42.0 Å². The fourth-order valence-electron chi connectivity index (χ4n) is 11.1. The van der Waals surface area contributed by atoms with Crippen molar-refractivity contribution in [3.63, 3.8) is 0 Å². The summed E-state index contributed by atoms with van der Waals surface area (Å²) in [5.41, 5.74) is 0.511. The van der Waals surface area contributed by atoms with Gasteiger partial charge in [-0.1, -0.05) is 58.1 Å². The minimum Gasteiger partial charge on any atom is -0.462 e. The first-order valence-corrected chi connectivity index (χ1v) is 23.1. The number of hydrogen-bond donors (Lipinski definition) is 3. The summed E-state index contributed by atoms with van der Waals surface area (Å²) < 4.78 is 69.7. The van der Waals surface area contributed by atoms with E-state index in [-0.39, 0.29) is 49.4 Å². The number of allylic oxidation sites excluding steroid dienone is 2. The smallest absolute Gasteiger partial charge is 0.316 e. The van der Waals surface area contributed by atoms with Crippen LogP contribution in [0.1, 0.15) is 93.9 Å². The highest BCUT2D eigenvalue weighted by Gasteiger charge is 2.61. The Morgan fingerprint density at radius 2 is 1.52 bits per heavy atom. The third-order valence-corrected chi connectivity index (χ3v) is 14.7. The minimum atomic E-state index is -1.74. The molecular weight excluding hydrogens is 817 g/mol. The highest BCUT2D eigenvalue weighted by atomic mass is 16.7. The lowest BCUT2D eigenvalue weighted by Crippen LogP contribution is -2.60. The van der Waals surface area contributed by atoms with Crippen LogP contribution in [0.25, 0.3) is 0 Å². The van der Waals surface area contributed by atoms with Gasteiger partial charge in [-0.05, 0) is 56.8 Å². The zero-order valence-electron chi connectivity index (χ0n) is 39.0. The van der Waals surface area contributed by atoms with Gasteiger partial charge in [0, 0.05) is 65.3 Å². The van der Waals surface area contributed by atoms with Crippen LogP contribution in [0.2, 0.25) is 0 Å². The predicted octanol–water partition coefficient (Wildman–Crippen LogP) is 4.84. The summed E-state index contributed by atoms with van der Waals surface area (Å²) in [5, 5.41) is 34.7. The Bertz CT molecular complexity index is 1710. The van der Waals surface area contributed by atoms with E-state index in [1.807, 2.05) is 45.9 Å². The van der Waals surface area contributed by atoms with E-state index < -0.39 is 103 Å². The molecule has 3 N–H and O–H groups in total. The Labute approximate surface area is 373 Å². The van der Waals surface area contributed by atoms with Gasteiger partial charge in [0.2, 0.25) is 0 Å². The second kappa shape index (κ2) is 20.0. The van der Waals surface area contributed by atoms with Crippen LogP contribution in [0.3, 0.4) is 0 Å². The first-order chi connectivity index (χ1) is 29.9. The number of aliphatic hydroxyl groups excluding tert-OH is 2. The van der Waals surface area contributed by atoms with E-state index in [0.717, 1.165) is 11.1 Å². The quantitative estimate of drug-likeness (QED) is 0.223. The van der Waals surface area contributed by atoms with Crippen molar-refractivity contribution >= 4 is 5.97 Å². The maximum Gasteiger partial charge on any atom is 0.316 e. The molecule has 356 valence electrons. The van der Waals surface area contributed by atoms with Crippen LogP contribution in [-0.2, 0) is 56.9 Å². The molecule has 15 heteroatoms. The molecule has 0 radical (unpaired) electrons. The fraction of sp³-hybridized carbons (Fsp3) is 0.812. The fourth-order valence-corrected chi connectivity index (χ4v) is 11.1. The van der Waals surface area contributed by atoms with Gasteiger partial charge < -0.3 is 67.4 Å². The summed E-state index contributed by atoms with van der Waals surface area (Å²) in [4.78, 5) is 14.5. The Kier molecular flexibility index (Phi) is 15.5. The van der Waals surface area contributed by atoms with Crippen molar-refractivity contribution in [1.82, 2.24) is 0 Å². The van der Waals surface area contributed by atoms with Gasteiger partial charge in [0.05, 0.1) is 55.4 Å². The SMILES string of the molecule is CO[C@H]1C[C@H](O[C@H]2[C@H](C)O[C@@H](O[C@H]3/C(C)=C\C[C@@H]4C[C@H](C[C@]5(C[C@H](O)[C@H](C)[C@@H](C(C)C)O5)O4)OC(=O)[C@@H]4C=C(C)[C@@H](OC)[C@@H]5OC/C(=C/C=C/[C@@H]3C)[C@]45O)C[C@@H]2OC)O[C@@H](C)[C@@H]1O. The van der Waals surface area contributed by atoms with Crippen LogP contribution >= 0.6 is 0 Å². The molecule has 2 bridgehead atoms. The molecule has 7 aliphatic rings. The number of methoxy groups -OCH3 is 3. The van der Waals surface area contributed by atoms with Gasteiger partial charge in [-0.3, -0.25) is 4.79 Å². The third-order valence-electron chi connectivity index (χ3n) is 14.7. The van der Waals surface area contributed by atoms with Gasteiger partial charge in [0.25, 0.3) is 0 Å². The van der Waals surface area contributed by atoms with Crippen LogP contribution in [0.5, 0.6) is 0 Å². The molecule has 7 rings (SSSR count). The normalized spacial score (nSPS) is 49.6. The average Bonchev–Trinajstić information content (AvgIpc) is 3.57. The number of fused-ring (bicyclic) bond motifs is 2. The topological polar surface area (TPSA) is 179 Å². The van der Waals surface area contributed by atoms with Crippen molar-refractivity contribution in [3.8, 4) is 0 Å². The standard InChI is InChI=1S/C48H74O15/c1-24(2)41-28(6)35(49)22-47(63-41)21-33-18-32(62-47)16-15-26(4)42(60-39-20-37(54-10)44(30(8)58-39)61-38-19-36(53-9)40(50)29(7)57-38)25(3)13-12-14-31-23-56-45-43(55-11)27(5)17-34(46(51)59-33)48(31,45)52/h12-15,17,24-25,28-30,32-45,49-50,52H,16,18-23H2,1-11H3/b13-12+,26-15-,31-14-/t25-,28-,29-,30-,32+,33+,34-,35-,36-,37-,38-,39-,40-,41+,42+,43+,44-,45-,47-,48-/m0/s1. The number of aliphatic hydroxyl groups is 3. The zero-order chi connectivity index (χ0) is 45.5. The molecule has 0 aromatic heterocycles. The Morgan fingerprint density at radius 3 is 2.22 bits per heavy atom. The summed E-state index contributed by atoms with van der Waals surface area (Å²) in [7, 11) is 4.79. The lowest BCUT2D eigenvalue weighted by Gasteiger charge is -2.52. The van der Waals surface area contributed by atoms with E-state index in [4.69, 9.17) is 52.1 Å². The molecule has 5 fully saturated rings. The van der Waals surface area contributed by atoms with Crippen molar-refractivity contribution in [2.75, 3.05) is 27.9 Å². The van der Waals surface area contributed by atoms with E-state index in [0.29, 0.717) is 31.3 Å². The van der Waals surface area contributed by atoms with Crippen molar-refractivity contribution in [1.29, 1.82) is 0 Å². The lowest BCUT2D eigenvalue weighted by atomic mass is 9.70. The van der Waals surface area contributed by atoms with Crippen LogP contribution in [-0.4, -0.2) is 153 Å². The monoisotopic (exact) mass is 891 g/mol. The third kappa shape index (κ3) is 9.98. The lowest BCUT2D eigenvalue weighted by molar-refractivity contribution is -0.353. The van der Waals surface area contributed by atoms with Gasteiger partial charge in [-0.15, -0.1) is 0 Å². The average molecular weight is 891 g/mol. The summed E-state index contributed by atoms with van der Waals surface area (Å²) >= 11 is 0. The largest absolute Gasteiger partial charge is 0.462 e. The molecule has 1 aliphatic carbocycles. The summed E-state index contributed by atoms with van der Waals surface area (Å²) in [6.07, 6.45) is 3.50. The molecule has 15 nitrogen and oxygen atoms in total. The zero-order valence-corrected chi connectivity index (χ0v) is 39.0.